The van der Waals surface area contributed by atoms with Crippen molar-refractivity contribution in [2.75, 3.05) is 0 Å². The van der Waals surface area contributed by atoms with Crippen molar-refractivity contribution in [1.29, 1.82) is 0 Å². The Balaban J connectivity index is 1.51. The predicted molar refractivity (Wildman–Crippen MR) is 72.3 cm³/mol. The summed E-state index contributed by atoms with van der Waals surface area (Å²) in [6, 6.07) is 7.64. The molecule has 0 aliphatic heterocycles. The first-order chi connectivity index (χ1) is 9.22. The van der Waals surface area contributed by atoms with E-state index in [-0.39, 0.29) is 11.9 Å². The maximum atomic E-state index is 12.9. The fraction of sp³-hybridized carbons (Fsp3) is 0.400. The first-order valence-corrected chi connectivity index (χ1v) is 6.73. The average molecular weight is 259 g/mol. The molecule has 0 spiro atoms. The summed E-state index contributed by atoms with van der Waals surface area (Å²) in [7, 11) is 0. The second kappa shape index (κ2) is 5.13. The molecule has 100 valence electrons. The van der Waals surface area contributed by atoms with Crippen molar-refractivity contribution in [2.24, 2.45) is 0 Å². The summed E-state index contributed by atoms with van der Waals surface area (Å²) < 4.78 is 12.9. The Bertz CT molecular complexity index is 515. The first-order valence-electron chi connectivity index (χ1n) is 6.73. The highest BCUT2D eigenvalue weighted by Crippen LogP contribution is 2.37. The van der Waals surface area contributed by atoms with Gasteiger partial charge in [0.05, 0.1) is 6.04 Å². The Kier molecular flexibility index (Phi) is 3.34. The van der Waals surface area contributed by atoms with E-state index in [1.165, 1.54) is 5.56 Å². The van der Waals surface area contributed by atoms with Gasteiger partial charge in [0.2, 0.25) is 0 Å². The van der Waals surface area contributed by atoms with E-state index in [1.54, 1.807) is 18.3 Å². The summed E-state index contributed by atoms with van der Waals surface area (Å²) >= 11 is 0. The Hall–Kier alpha value is -1.68. The van der Waals surface area contributed by atoms with Crippen LogP contribution in [0.1, 0.15) is 43.1 Å². The molecule has 1 saturated carbocycles. The van der Waals surface area contributed by atoms with Gasteiger partial charge in [-0.1, -0.05) is 12.1 Å². The molecule has 1 aliphatic rings. The van der Waals surface area contributed by atoms with Crippen molar-refractivity contribution in [1.82, 2.24) is 15.3 Å². The Morgan fingerprint density at radius 2 is 2.05 bits per heavy atom. The Morgan fingerprint density at radius 3 is 2.68 bits per heavy atom. The molecule has 1 unspecified atom stereocenters. The van der Waals surface area contributed by atoms with Crippen molar-refractivity contribution in [3.63, 3.8) is 0 Å². The SMILES string of the molecule is CC(NC1CC(c2ccc(F)cc2)C1)c1ncc[nH]1. The summed E-state index contributed by atoms with van der Waals surface area (Å²) in [6.07, 6.45) is 5.83. The van der Waals surface area contributed by atoms with E-state index < -0.39 is 0 Å². The summed E-state index contributed by atoms with van der Waals surface area (Å²) in [5.41, 5.74) is 1.24. The van der Waals surface area contributed by atoms with Crippen LogP contribution in [0.15, 0.2) is 36.7 Å². The number of hydrogen-bond acceptors (Lipinski definition) is 2. The molecule has 1 fully saturated rings. The molecule has 3 rings (SSSR count). The zero-order valence-corrected chi connectivity index (χ0v) is 10.9. The van der Waals surface area contributed by atoms with Crippen LogP contribution < -0.4 is 5.32 Å². The van der Waals surface area contributed by atoms with Crippen molar-refractivity contribution < 1.29 is 4.39 Å². The molecule has 0 radical (unpaired) electrons. The second-order valence-electron chi connectivity index (χ2n) is 5.28. The molecule has 4 heteroatoms. The molecular formula is C15H18FN3. The van der Waals surface area contributed by atoms with E-state index in [0.29, 0.717) is 12.0 Å². The van der Waals surface area contributed by atoms with Crippen LogP contribution in [-0.4, -0.2) is 16.0 Å². The molecule has 1 aromatic carbocycles. The number of nitrogens with one attached hydrogen (secondary N) is 2. The lowest BCUT2D eigenvalue weighted by Gasteiger charge is -2.37. The topological polar surface area (TPSA) is 40.7 Å². The van der Waals surface area contributed by atoms with Gasteiger partial charge in [0, 0.05) is 18.4 Å². The largest absolute Gasteiger partial charge is 0.347 e. The van der Waals surface area contributed by atoms with Gasteiger partial charge in [-0.25, -0.2) is 9.37 Å². The molecule has 2 aromatic rings. The Labute approximate surface area is 112 Å². The van der Waals surface area contributed by atoms with Gasteiger partial charge in [-0.2, -0.15) is 0 Å². The van der Waals surface area contributed by atoms with E-state index in [2.05, 4.69) is 22.2 Å². The molecule has 1 aromatic heterocycles. The van der Waals surface area contributed by atoms with Crippen molar-refractivity contribution in [2.45, 2.75) is 37.8 Å². The molecule has 0 amide bonds. The smallest absolute Gasteiger partial charge is 0.123 e. The average Bonchev–Trinajstić information content (AvgIpc) is 2.88. The minimum atomic E-state index is -0.163. The van der Waals surface area contributed by atoms with Gasteiger partial charge < -0.3 is 10.3 Å². The Morgan fingerprint density at radius 1 is 1.32 bits per heavy atom. The minimum absolute atomic E-state index is 0.163. The third kappa shape index (κ3) is 2.68. The summed E-state index contributed by atoms with van der Waals surface area (Å²) in [5, 5.41) is 3.56. The van der Waals surface area contributed by atoms with Crippen molar-refractivity contribution in [3.8, 4) is 0 Å². The van der Waals surface area contributed by atoms with Crippen LogP contribution in [0.4, 0.5) is 4.39 Å². The third-order valence-corrected chi connectivity index (χ3v) is 3.89. The van der Waals surface area contributed by atoms with E-state index in [1.807, 2.05) is 18.3 Å². The van der Waals surface area contributed by atoms with E-state index in [9.17, 15) is 4.39 Å². The van der Waals surface area contributed by atoms with E-state index >= 15 is 0 Å². The van der Waals surface area contributed by atoms with Gasteiger partial charge >= 0.3 is 0 Å². The lowest BCUT2D eigenvalue weighted by atomic mass is 9.75. The lowest BCUT2D eigenvalue weighted by molar-refractivity contribution is 0.268. The minimum Gasteiger partial charge on any atom is -0.347 e. The number of hydrogen-bond donors (Lipinski definition) is 2. The van der Waals surface area contributed by atoms with Gasteiger partial charge in [-0.3, -0.25) is 0 Å². The zero-order chi connectivity index (χ0) is 13.2. The van der Waals surface area contributed by atoms with Crippen molar-refractivity contribution in [3.05, 3.63) is 53.9 Å². The normalized spacial score (nSPS) is 23.9. The fourth-order valence-electron chi connectivity index (χ4n) is 2.71. The van der Waals surface area contributed by atoms with Gasteiger partial charge in [0.25, 0.3) is 0 Å². The summed E-state index contributed by atoms with van der Waals surface area (Å²) in [6.45, 7) is 2.12. The number of H-pyrrole nitrogens is 1. The molecule has 19 heavy (non-hydrogen) atoms. The predicted octanol–water partition coefficient (Wildman–Crippen LogP) is 3.15. The van der Waals surface area contributed by atoms with Crippen LogP contribution in [0.5, 0.6) is 0 Å². The quantitative estimate of drug-likeness (QED) is 0.885. The van der Waals surface area contributed by atoms with E-state index in [4.69, 9.17) is 0 Å². The number of benzene rings is 1. The summed E-state index contributed by atoms with van der Waals surface area (Å²) in [4.78, 5) is 7.38. The molecule has 2 N–H and O–H groups in total. The second-order valence-corrected chi connectivity index (χ2v) is 5.28. The van der Waals surface area contributed by atoms with Crippen LogP contribution in [-0.2, 0) is 0 Å². The van der Waals surface area contributed by atoms with Gasteiger partial charge in [-0.05, 0) is 43.4 Å². The fourth-order valence-corrected chi connectivity index (χ4v) is 2.71. The first kappa shape index (κ1) is 12.4. The molecule has 1 heterocycles. The third-order valence-electron chi connectivity index (χ3n) is 3.89. The molecule has 1 atom stereocenters. The van der Waals surface area contributed by atoms with Crippen LogP contribution in [0.3, 0.4) is 0 Å². The van der Waals surface area contributed by atoms with Gasteiger partial charge in [0.15, 0.2) is 0 Å². The monoisotopic (exact) mass is 259 g/mol. The van der Waals surface area contributed by atoms with Gasteiger partial charge in [-0.15, -0.1) is 0 Å². The standard InChI is InChI=1S/C15H18FN3/c1-10(15-17-6-7-18-15)19-14-8-12(9-14)11-2-4-13(16)5-3-11/h2-7,10,12,14,19H,8-9H2,1H3,(H,17,18). The van der Waals surface area contributed by atoms with Crippen LogP contribution >= 0.6 is 0 Å². The highest BCUT2D eigenvalue weighted by atomic mass is 19.1. The van der Waals surface area contributed by atoms with Crippen LogP contribution in [0.25, 0.3) is 0 Å². The zero-order valence-electron chi connectivity index (χ0n) is 10.9. The number of rotatable bonds is 4. The molecule has 0 saturated heterocycles. The number of aromatic nitrogens is 2. The van der Waals surface area contributed by atoms with Gasteiger partial charge in [0.1, 0.15) is 11.6 Å². The van der Waals surface area contributed by atoms with Crippen LogP contribution in [0.2, 0.25) is 0 Å². The number of halogens is 1. The lowest BCUT2D eigenvalue weighted by Crippen LogP contribution is -2.41. The van der Waals surface area contributed by atoms with E-state index in [0.717, 1.165) is 18.7 Å². The van der Waals surface area contributed by atoms with Crippen LogP contribution in [0, 0.1) is 5.82 Å². The number of imidazole rings is 1. The molecule has 1 aliphatic carbocycles. The maximum absolute atomic E-state index is 12.9. The number of aromatic amines is 1. The molecule has 3 nitrogen and oxygen atoms in total. The highest BCUT2D eigenvalue weighted by Gasteiger charge is 2.31. The van der Waals surface area contributed by atoms with Crippen molar-refractivity contribution >= 4 is 0 Å². The summed E-state index contributed by atoms with van der Waals surface area (Å²) in [5.74, 6) is 1.37. The highest BCUT2D eigenvalue weighted by molar-refractivity contribution is 5.23. The molecular weight excluding hydrogens is 241 g/mol. The maximum Gasteiger partial charge on any atom is 0.123 e. The number of nitrogens with zero attached hydrogens (tertiary/aromatic N) is 1. The molecule has 0 bridgehead atoms.